The van der Waals surface area contributed by atoms with Crippen molar-refractivity contribution in [2.75, 3.05) is 38.0 Å². The Bertz CT molecular complexity index is 752. The number of carbonyl (C=O) groups excluding carboxylic acids is 2. The van der Waals surface area contributed by atoms with Crippen LogP contribution in [0, 0.1) is 6.92 Å². The summed E-state index contributed by atoms with van der Waals surface area (Å²) in [5, 5.41) is 6.48. The Hall–Kier alpha value is -2.67. The van der Waals surface area contributed by atoms with Crippen molar-refractivity contribution in [2.24, 2.45) is 0 Å². The van der Waals surface area contributed by atoms with E-state index in [-0.39, 0.29) is 11.8 Å². The van der Waals surface area contributed by atoms with Gasteiger partial charge in [-0.25, -0.2) is 0 Å². The van der Waals surface area contributed by atoms with Crippen LogP contribution in [0.25, 0.3) is 0 Å². The molecule has 7 heteroatoms. The first kappa shape index (κ1) is 19.1. The average Bonchev–Trinajstić information content (AvgIpc) is 3.10. The molecule has 1 aliphatic heterocycles. The van der Waals surface area contributed by atoms with Crippen LogP contribution < -0.4 is 5.32 Å². The van der Waals surface area contributed by atoms with Gasteiger partial charge in [-0.2, -0.15) is 0 Å². The van der Waals surface area contributed by atoms with Crippen LogP contribution in [-0.2, 0) is 16.0 Å². The zero-order valence-electron chi connectivity index (χ0n) is 15.7. The van der Waals surface area contributed by atoms with Gasteiger partial charge in [-0.1, -0.05) is 35.5 Å². The molecule has 0 unspecified atom stereocenters. The maximum atomic E-state index is 12.4. The van der Waals surface area contributed by atoms with Gasteiger partial charge in [0.2, 0.25) is 11.8 Å². The van der Waals surface area contributed by atoms with Crippen LogP contribution >= 0.6 is 0 Å². The summed E-state index contributed by atoms with van der Waals surface area (Å²) in [6, 6.07) is 11.8. The topological polar surface area (TPSA) is 78.7 Å². The Morgan fingerprint density at radius 3 is 2.52 bits per heavy atom. The number of hydrogen-bond acceptors (Lipinski definition) is 5. The monoisotopic (exact) mass is 370 g/mol. The van der Waals surface area contributed by atoms with Gasteiger partial charge < -0.3 is 14.7 Å². The average molecular weight is 370 g/mol. The minimum Gasteiger partial charge on any atom is -0.360 e. The number of amides is 2. The van der Waals surface area contributed by atoms with Crippen LogP contribution in [0.2, 0.25) is 0 Å². The van der Waals surface area contributed by atoms with Gasteiger partial charge in [0.05, 0.1) is 0 Å². The first-order valence-electron chi connectivity index (χ1n) is 9.37. The van der Waals surface area contributed by atoms with Crippen LogP contribution in [0.1, 0.15) is 24.2 Å². The van der Waals surface area contributed by atoms with E-state index in [4.69, 9.17) is 4.52 Å². The molecule has 2 amide bonds. The molecule has 1 aliphatic rings. The van der Waals surface area contributed by atoms with Crippen LogP contribution in [0.4, 0.5) is 5.82 Å². The van der Waals surface area contributed by atoms with Crippen molar-refractivity contribution < 1.29 is 14.1 Å². The maximum absolute atomic E-state index is 12.4. The molecule has 0 spiro atoms. The van der Waals surface area contributed by atoms with E-state index < -0.39 is 0 Å². The second-order valence-electron chi connectivity index (χ2n) is 6.83. The fourth-order valence-electron chi connectivity index (χ4n) is 3.17. The molecular formula is C20H26N4O3. The quantitative estimate of drug-likeness (QED) is 0.807. The molecule has 2 aromatic rings. The summed E-state index contributed by atoms with van der Waals surface area (Å²) in [4.78, 5) is 28.5. The van der Waals surface area contributed by atoms with Crippen LogP contribution in [0.5, 0.6) is 0 Å². The molecule has 27 heavy (non-hydrogen) atoms. The zero-order valence-corrected chi connectivity index (χ0v) is 15.7. The third-order valence-corrected chi connectivity index (χ3v) is 4.75. The Kier molecular flexibility index (Phi) is 6.59. The lowest BCUT2D eigenvalue weighted by Gasteiger charge is -2.34. The van der Waals surface area contributed by atoms with Crippen molar-refractivity contribution in [3.8, 4) is 0 Å². The Morgan fingerprint density at radius 1 is 1.11 bits per heavy atom. The molecule has 7 nitrogen and oxygen atoms in total. The third-order valence-electron chi connectivity index (χ3n) is 4.75. The highest BCUT2D eigenvalue weighted by Crippen LogP contribution is 2.10. The number of anilines is 1. The van der Waals surface area contributed by atoms with E-state index in [1.807, 2.05) is 23.1 Å². The van der Waals surface area contributed by atoms with E-state index in [0.29, 0.717) is 31.0 Å². The molecule has 0 saturated carbocycles. The molecule has 0 aliphatic carbocycles. The molecule has 0 bridgehead atoms. The summed E-state index contributed by atoms with van der Waals surface area (Å²) in [6.45, 7) is 5.49. The lowest BCUT2D eigenvalue weighted by molar-refractivity contribution is -0.133. The molecule has 144 valence electrons. The minimum absolute atomic E-state index is 0.0790. The smallest absolute Gasteiger partial charge is 0.226 e. The number of benzene rings is 1. The molecule has 1 N–H and O–H groups in total. The number of aromatic nitrogens is 1. The van der Waals surface area contributed by atoms with Crippen molar-refractivity contribution in [3.63, 3.8) is 0 Å². The number of hydrogen-bond donors (Lipinski definition) is 1. The van der Waals surface area contributed by atoms with Crippen LogP contribution in [-0.4, -0.2) is 59.5 Å². The van der Waals surface area contributed by atoms with E-state index >= 15 is 0 Å². The lowest BCUT2D eigenvalue weighted by Crippen LogP contribution is -2.49. The highest BCUT2D eigenvalue weighted by atomic mass is 16.5. The second kappa shape index (κ2) is 9.32. The number of nitrogens with one attached hydrogen (secondary N) is 1. The van der Waals surface area contributed by atoms with Gasteiger partial charge in [0, 0.05) is 51.6 Å². The molecular weight excluding hydrogens is 344 g/mol. The Labute approximate surface area is 159 Å². The number of rotatable bonds is 7. The fraction of sp³-hybridized carbons (Fsp3) is 0.450. The largest absolute Gasteiger partial charge is 0.360 e. The van der Waals surface area contributed by atoms with Gasteiger partial charge in [0.25, 0.3) is 0 Å². The van der Waals surface area contributed by atoms with E-state index in [2.05, 4.69) is 27.5 Å². The number of carbonyl (C=O) groups is 2. The third kappa shape index (κ3) is 5.92. The molecule has 3 rings (SSSR count). The summed E-state index contributed by atoms with van der Waals surface area (Å²) >= 11 is 0. The first-order chi connectivity index (χ1) is 13.1. The first-order valence-corrected chi connectivity index (χ1v) is 9.37. The lowest BCUT2D eigenvalue weighted by atomic mass is 10.1. The predicted molar refractivity (Wildman–Crippen MR) is 102 cm³/mol. The fourth-order valence-corrected chi connectivity index (χ4v) is 3.17. The van der Waals surface area contributed by atoms with Gasteiger partial charge >= 0.3 is 0 Å². The summed E-state index contributed by atoms with van der Waals surface area (Å²) in [5.74, 6) is 1.24. The van der Waals surface area contributed by atoms with Crippen molar-refractivity contribution in [1.29, 1.82) is 0 Å². The summed E-state index contributed by atoms with van der Waals surface area (Å²) < 4.78 is 4.93. The standard InChI is InChI=1S/C20H26N4O3/c1-16-15-18(22-27-16)21-19(25)9-10-23-11-13-24(14-12-23)20(26)8-7-17-5-3-2-4-6-17/h2-6,15H,7-14H2,1H3,(H,21,22,25). The maximum Gasteiger partial charge on any atom is 0.226 e. The van der Waals surface area contributed by atoms with Crippen molar-refractivity contribution in [2.45, 2.75) is 26.2 Å². The molecule has 0 atom stereocenters. The van der Waals surface area contributed by atoms with Gasteiger partial charge in [0.1, 0.15) is 5.76 Å². The van der Waals surface area contributed by atoms with E-state index in [0.717, 1.165) is 32.6 Å². The van der Waals surface area contributed by atoms with E-state index in [9.17, 15) is 9.59 Å². The SMILES string of the molecule is Cc1cc(NC(=O)CCN2CCN(C(=O)CCc3ccccc3)CC2)no1. The minimum atomic E-state index is -0.0790. The van der Waals surface area contributed by atoms with Crippen LogP contribution in [0.15, 0.2) is 40.9 Å². The Balaban J connectivity index is 1.33. The van der Waals surface area contributed by atoms with Crippen molar-refractivity contribution in [3.05, 3.63) is 47.7 Å². The number of nitrogens with zero attached hydrogens (tertiary/aromatic N) is 3. The predicted octanol–water partition coefficient (Wildman–Crippen LogP) is 2.09. The second-order valence-corrected chi connectivity index (χ2v) is 6.83. The summed E-state index contributed by atoms with van der Waals surface area (Å²) in [5.41, 5.74) is 1.19. The van der Waals surface area contributed by atoms with E-state index in [1.165, 1.54) is 5.56 Å². The Morgan fingerprint density at radius 2 is 1.85 bits per heavy atom. The van der Waals surface area contributed by atoms with Gasteiger partial charge in [0.15, 0.2) is 5.82 Å². The van der Waals surface area contributed by atoms with Crippen molar-refractivity contribution in [1.82, 2.24) is 15.0 Å². The van der Waals surface area contributed by atoms with Gasteiger partial charge in [-0.3, -0.25) is 14.5 Å². The highest BCUT2D eigenvalue weighted by Gasteiger charge is 2.21. The molecule has 1 saturated heterocycles. The molecule has 1 fully saturated rings. The summed E-state index contributed by atoms with van der Waals surface area (Å²) in [6.07, 6.45) is 1.72. The van der Waals surface area contributed by atoms with E-state index in [1.54, 1.807) is 13.0 Å². The highest BCUT2D eigenvalue weighted by molar-refractivity contribution is 5.89. The molecule has 0 radical (unpaired) electrons. The number of piperazine rings is 1. The molecule has 2 heterocycles. The summed E-state index contributed by atoms with van der Waals surface area (Å²) in [7, 11) is 0. The zero-order chi connectivity index (χ0) is 19.1. The number of aryl methyl sites for hydroxylation is 2. The normalized spacial score (nSPS) is 14.9. The van der Waals surface area contributed by atoms with Gasteiger partial charge in [-0.05, 0) is 18.9 Å². The van der Waals surface area contributed by atoms with Gasteiger partial charge in [-0.15, -0.1) is 0 Å². The van der Waals surface area contributed by atoms with Crippen molar-refractivity contribution >= 4 is 17.6 Å². The van der Waals surface area contributed by atoms with Crippen LogP contribution in [0.3, 0.4) is 0 Å². The molecule has 1 aromatic carbocycles. The molecule has 1 aromatic heterocycles.